The lowest BCUT2D eigenvalue weighted by Crippen LogP contribution is -2.30. The summed E-state index contributed by atoms with van der Waals surface area (Å²) in [4.78, 5) is 26.2. The van der Waals surface area contributed by atoms with Crippen LogP contribution in [0.5, 0.6) is 0 Å². The fraction of sp³-hybridized carbons (Fsp3) is 0.238. The van der Waals surface area contributed by atoms with E-state index in [2.05, 4.69) is 17.4 Å². The van der Waals surface area contributed by atoms with Crippen molar-refractivity contribution in [3.63, 3.8) is 0 Å². The van der Waals surface area contributed by atoms with Crippen LogP contribution < -0.4 is 5.32 Å². The van der Waals surface area contributed by atoms with Crippen LogP contribution in [0, 0.1) is 27.7 Å². The minimum atomic E-state index is -0.375. The SMILES string of the molecule is Cc1cccc(CN2C(=O)N/C(=C/c3c(C)cc(C)cc3C)C2=O)c1. The molecule has 1 fully saturated rings. The highest BCUT2D eigenvalue weighted by atomic mass is 16.2. The molecule has 1 N–H and O–H groups in total. The third-order valence-corrected chi connectivity index (χ3v) is 4.41. The largest absolute Gasteiger partial charge is 0.329 e. The number of carbonyl (C=O) groups excluding carboxylic acids is 2. The Morgan fingerprint density at radius 3 is 2.28 bits per heavy atom. The van der Waals surface area contributed by atoms with Crippen LogP contribution in [-0.4, -0.2) is 16.8 Å². The molecule has 1 aliphatic rings. The lowest BCUT2D eigenvalue weighted by Gasteiger charge is -2.12. The highest BCUT2D eigenvalue weighted by Crippen LogP contribution is 2.22. The molecule has 3 amide bonds. The molecule has 1 saturated heterocycles. The number of rotatable bonds is 3. The number of aryl methyl sites for hydroxylation is 4. The van der Waals surface area contributed by atoms with E-state index in [-0.39, 0.29) is 18.5 Å². The molecule has 1 aliphatic heterocycles. The van der Waals surface area contributed by atoms with Gasteiger partial charge in [0.25, 0.3) is 5.91 Å². The van der Waals surface area contributed by atoms with Gasteiger partial charge in [0.15, 0.2) is 0 Å². The minimum absolute atomic E-state index is 0.273. The highest BCUT2D eigenvalue weighted by molar-refractivity contribution is 6.14. The number of imide groups is 1. The first-order valence-corrected chi connectivity index (χ1v) is 8.33. The Balaban J connectivity index is 1.89. The van der Waals surface area contributed by atoms with Crippen molar-refractivity contribution >= 4 is 18.0 Å². The summed E-state index contributed by atoms with van der Waals surface area (Å²) in [7, 11) is 0. The molecule has 128 valence electrons. The zero-order valence-corrected chi connectivity index (χ0v) is 15.0. The van der Waals surface area contributed by atoms with E-state index >= 15 is 0 Å². The highest BCUT2D eigenvalue weighted by Gasteiger charge is 2.33. The van der Waals surface area contributed by atoms with Gasteiger partial charge in [-0.1, -0.05) is 47.5 Å². The van der Waals surface area contributed by atoms with Crippen LogP contribution in [0.2, 0.25) is 0 Å². The first-order chi connectivity index (χ1) is 11.8. The van der Waals surface area contributed by atoms with Crippen molar-refractivity contribution in [2.45, 2.75) is 34.2 Å². The van der Waals surface area contributed by atoms with E-state index in [1.54, 1.807) is 6.08 Å². The van der Waals surface area contributed by atoms with Crippen LogP contribution >= 0.6 is 0 Å². The van der Waals surface area contributed by atoms with Gasteiger partial charge in [-0.15, -0.1) is 0 Å². The van der Waals surface area contributed by atoms with E-state index in [1.165, 1.54) is 10.5 Å². The van der Waals surface area contributed by atoms with Crippen molar-refractivity contribution < 1.29 is 9.59 Å². The average Bonchev–Trinajstić information content (AvgIpc) is 2.78. The summed E-state index contributed by atoms with van der Waals surface area (Å²) >= 11 is 0. The summed E-state index contributed by atoms with van der Waals surface area (Å²) in [6, 6.07) is 11.6. The molecule has 25 heavy (non-hydrogen) atoms. The quantitative estimate of drug-likeness (QED) is 0.681. The Morgan fingerprint density at radius 1 is 0.960 bits per heavy atom. The molecule has 0 radical (unpaired) electrons. The minimum Gasteiger partial charge on any atom is -0.303 e. The first kappa shape index (κ1) is 17.0. The second kappa shape index (κ2) is 6.55. The first-order valence-electron chi connectivity index (χ1n) is 8.33. The normalized spacial score (nSPS) is 15.8. The smallest absolute Gasteiger partial charge is 0.303 e. The lowest BCUT2D eigenvalue weighted by atomic mass is 9.99. The molecular formula is C21H22N2O2. The molecule has 4 nitrogen and oxygen atoms in total. The van der Waals surface area contributed by atoms with Gasteiger partial charge in [0.1, 0.15) is 5.70 Å². The standard InChI is InChI=1S/C21H22N2O2/c1-13-6-5-7-17(10-13)12-23-20(24)19(22-21(23)25)11-18-15(3)8-14(2)9-16(18)4/h5-11H,12H2,1-4H3,(H,22,25)/b19-11+. The fourth-order valence-electron chi connectivity index (χ4n) is 3.27. The van der Waals surface area contributed by atoms with Crippen LogP contribution in [0.25, 0.3) is 6.08 Å². The Bertz CT molecular complexity index is 874. The second-order valence-electron chi connectivity index (χ2n) is 6.68. The number of benzene rings is 2. The van der Waals surface area contributed by atoms with Gasteiger partial charge in [-0.05, 0) is 56.0 Å². The summed E-state index contributed by atoms with van der Waals surface area (Å²) in [5.74, 6) is -0.286. The monoisotopic (exact) mass is 334 g/mol. The summed E-state index contributed by atoms with van der Waals surface area (Å²) in [5.41, 5.74) is 6.70. The van der Waals surface area contributed by atoms with Crippen LogP contribution in [0.4, 0.5) is 4.79 Å². The molecule has 2 aromatic carbocycles. The summed E-state index contributed by atoms with van der Waals surface area (Å²) in [6.45, 7) is 8.33. The molecule has 4 heteroatoms. The van der Waals surface area contributed by atoms with Gasteiger partial charge in [0.2, 0.25) is 0 Å². The van der Waals surface area contributed by atoms with Crippen LogP contribution in [0.3, 0.4) is 0 Å². The second-order valence-corrected chi connectivity index (χ2v) is 6.68. The Morgan fingerprint density at radius 2 is 1.64 bits per heavy atom. The summed E-state index contributed by atoms with van der Waals surface area (Å²) < 4.78 is 0. The Hall–Kier alpha value is -2.88. The van der Waals surface area contributed by atoms with Gasteiger partial charge in [-0.3, -0.25) is 9.69 Å². The van der Waals surface area contributed by atoms with E-state index in [1.807, 2.05) is 52.0 Å². The zero-order chi connectivity index (χ0) is 18.1. The van der Waals surface area contributed by atoms with E-state index < -0.39 is 0 Å². The Labute approximate surface area is 148 Å². The number of hydrogen-bond acceptors (Lipinski definition) is 2. The van der Waals surface area contributed by atoms with Crippen molar-refractivity contribution in [3.05, 3.63) is 75.5 Å². The van der Waals surface area contributed by atoms with Crippen molar-refractivity contribution in [3.8, 4) is 0 Å². The molecular weight excluding hydrogens is 312 g/mol. The van der Waals surface area contributed by atoms with Crippen molar-refractivity contribution in [2.75, 3.05) is 0 Å². The van der Waals surface area contributed by atoms with E-state index in [9.17, 15) is 9.59 Å². The third kappa shape index (κ3) is 3.48. The molecule has 2 aromatic rings. The van der Waals surface area contributed by atoms with Gasteiger partial charge in [0, 0.05) is 0 Å². The number of nitrogens with zero attached hydrogens (tertiary/aromatic N) is 1. The maximum absolute atomic E-state index is 12.7. The molecule has 0 aliphatic carbocycles. The van der Waals surface area contributed by atoms with Gasteiger partial charge >= 0.3 is 6.03 Å². The molecule has 3 rings (SSSR count). The van der Waals surface area contributed by atoms with Gasteiger partial charge in [-0.2, -0.15) is 0 Å². The number of hydrogen-bond donors (Lipinski definition) is 1. The summed E-state index contributed by atoms with van der Waals surface area (Å²) in [6.07, 6.45) is 1.78. The van der Waals surface area contributed by atoms with Crippen molar-refractivity contribution in [2.24, 2.45) is 0 Å². The predicted molar refractivity (Wildman–Crippen MR) is 98.9 cm³/mol. The maximum atomic E-state index is 12.7. The van der Waals surface area contributed by atoms with Crippen LogP contribution in [0.15, 0.2) is 42.1 Å². The number of urea groups is 1. The van der Waals surface area contributed by atoms with E-state index in [4.69, 9.17) is 0 Å². The molecule has 0 aromatic heterocycles. The number of carbonyl (C=O) groups is 2. The number of amides is 3. The molecule has 1 heterocycles. The molecule has 0 spiro atoms. The third-order valence-electron chi connectivity index (χ3n) is 4.41. The maximum Gasteiger partial charge on any atom is 0.329 e. The topological polar surface area (TPSA) is 49.4 Å². The average molecular weight is 334 g/mol. The summed E-state index contributed by atoms with van der Waals surface area (Å²) in [5, 5.41) is 2.70. The van der Waals surface area contributed by atoms with Gasteiger partial charge in [-0.25, -0.2) is 4.79 Å². The molecule has 0 unspecified atom stereocenters. The molecule has 0 atom stereocenters. The fourth-order valence-corrected chi connectivity index (χ4v) is 3.27. The predicted octanol–water partition coefficient (Wildman–Crippen LogP) is 4.01. The van der Waals surface area contributed by atoms with Crippen molar-refractivity contribution in [1.29, 1.82) is 0 Å². The zero-order valence-electron chi connectivity index (χ0n) is 15.0. The van der Waals surface area contributed by atoms with Crippen LogP contribution in [-0.2, 0) is 11.3 Å². The van der Waals surface area contributed by atoms with Crippen LogP contribution in [0.1, 0.15) is 33.4 Å². The molecule has 0 saturated carbocycles. The lowest BCUT2D eigenvalue weighted by molar-refractivity contribution is -0.123. The van der Waals surface area contributed by atoms with E-state index in [0.717, 1.165) is 27.8 Å². The van der Waals surface area contributed by atoms with Gasteiger partial charge < -0.3 is 5.32 Å². The number of nitrogens with one attached hydrogen (secondary N) is 1. The van der Waals surface area contributed by atoms with E-state index in [0.29, 0.717) is 5.70 Å². The van der Waals surface area contributed by atoms with Gasteiger partial charge in [0.05, 0.1) is 6.54 Å². The van der Waals surface area contributed by atoms with Crippen molar-refractivity contribution in [1.82, 2.24) is 10.2 Å². The molecule has 0 bridgehead atoms. The Kier molecular flexibility index (Phi) is 4.45.